The fraction of sp³-hybridized carbons (Fsp3) is 0.294. The summed E-state index contributed by atoms with van der Waals surface area (Å²) in [6, 6.07) is 16.5. The topological polar surface area (TPSA) is 57.5 Å². The zero-order chi connectivity index (χ0) is 16.1. The van der Waals surface area contributed by atoms with Gasteiger partial charge in [-0.05, 0) is 24.6 Å². The van der Waals surface area contributed by atoms with E-state index in [2.05, 4.69) is 15.9 Å². The molecule has 22 heavy (non-hydrogen) atoms. The van der Waals surface area contributed by atoms with Crippen LogP contribution in [0.1, 0.15) is 17.2 Å². The van der Waals surface area contributed by atoms with Crippen LogP contribution < -0.4 is 0 Å². The lowest BCUT2D eigenvalue weighted by atomic mass is 10.0. The summed E-state index contributed by atoms with van der Waals surface area (Å²) in [6.45, 7) is 1.96. The van der Waals surface area contributed by atoms with Crippen LogP contribution in [0.4, 0.5) is 0 Å². The monoisotopic (exact) mass is 382 g/mol. The molecule has 0 aliphatic carbocycles. The van der Waals surface area contributed by atoms with Gasteiger partial charge in [0.25, 0.3) is 0 Å². The van der Waals surface area contributed by atoms with Crippen molar-refractivity contribution in [2.45, 2.75) is 28.9 Å². The van der Waals surface area contributed by atoms with Gasteiger partial charge in [-0.15, -0.1) is 0 Å². The second kappa shape index (κ2) is 8.02. The standard InChI is InChI=1S/C17H19BrO3S/c1-12-7-9-14(10-8-12)22(21)11-15(19)16(18)17(20)13-5-3-2-4-6-13/h2-10,15-17,19-20H,11H2,1H3/t15-,16-,17+,22?/m1/s1. The molecule has 2 aromatic carbocycles. The van der Waals surface area contributed by atoms with E-state index in [4.69, 9.17) is 0 Å². The van der Waals surface area contributed by atoms with Crippen LogP contribution in [-0.4, -0.2) is 31.1 Å². The lowest BCUT2D eigenvalue weighted by Crippen LogP contribution is -2.31. The van der Waals surface area contributed by atoms with Crippen molar-refractivity contribution >= 4 is 26.7 Å². The molecule has 0 bridgehead atoms. The molecule has 0 aromatic heterocycles. The molecule has 0 fully saturated rings. The van der Waals surface area contributed by atoms with E-state index in [-0.39, 0.29) is 5.75 Å². The van der Waals surface area contributed by atoms with E-state index in [1.807, 2.05) is 37.3 Å². The van der Waals surface area contributed by atoms with E-state index < -0.39 is 27.8 Å². The van der Waals surface area contributed by atoms with Crippen LogP contribution in [0.15, 0.2) is 59.5 Å². The number of aryl methyl sites for hydroxylation is 1. The van der Waals surface area contributed by atoms with Gasteiger partial charge in [0, 0.05) is 4.90 Å². The molecule has 118 valence electrons. The van der Waals surface area contributed by atoms with Gasteiger partial charge in [-0.25, -0.2) is 0 Å². The second-order valence-corrected chi connectivity index (χ2v) is 7.75. The predicted molar refractivity (Wildman–Crippen MR) is 92.6 cm³/mol. The molecule has 0 aliphatic rings. The van der Waals surface area contributed by atoms with Gasteiger partial charge in [-0.2, -0.15) is 0 Å². The largest absolute Gasteiger partial charge is 0.391 e. The summed E-state index contributed by atoms with van der Waals surface area (Å²) in [4.78, 5) is 0.0999. The molecule has 2 aromatic rings. The highest BCUT2D eigenvalue weighted by atomic mass is 79.9. The molecule has 4 atom stereocenters. The minimum Gasteiger partial charge on any atom is -0.391 e. The molecule has 0 heterocycles. The van der Waals surface area contributed by atoms with Crippen LogP contribution in [0.2, 0.25) is 0 Å². The molecule has 2 rings (SSSR count). The fourth-order valence-electron chi connectivity index (χ4n) is 2.08. The zero-order valence-electron chi connectivity index (χ0n) is 12.2. The molecular formula is C17H19BrO3S. The Labute approximate surface area is 141 Å². The van der Waals surface area contributed by atoms with E-state index in [1.54, 1.807) is 24.3 Å². The van der Waals surface area contributed by atoms with E-state index >= 15 is 0 Å². The predicted octanol–water partition coefficient (Wildman–Crippen LogP) is 2.96. The number of hydrogen-bond acceptors (Lipinski definition) is 3. The van der Waals surface area contributed by atoms with Crippen molar-refractivity contribution in [3.8, 4) is 0 Å². The first kappa shape index (κ1) is 17.3. The van der Waals surface area contributed by atoms with E-state index in [0.717, 1.165) is 5.56 Å². The Morgan fingerprint density at radius 3 is 2.23 bits per heavy atom. The van der Waals surface area contributed by atoms with Crippen LogP contribution in [0.25, 0.3) is 0 Å². The Bertz CT molecular complexity index is 616. The van der Waals surface area contributed by atoms with Gasteiger partial charge in [0.2, 0.25) is 0 Å². The van der Waals surface area contributed by atoms with Gasteiger partial charge in [0.1, 0.15) is 0 Å². The molecule has 3 nitrogen and oxygen atoms in total. The lowest BCUT2D eigenvalue weighted by Gasteiger charge is -2.22. The Kier molecular flexibility index (Phi) is 6.32. The maximum absolute atomic E-state index is 12.3. The highest BCUT2D eigenvalue weighted by molar-refractivity contribution is 9.09. The van der Waals surface area contributed by atoms with Crippen molar-refractivity contribution < 1.29 is 14.4 Å². The Morgan fingerprint density at radius 1 is 1.05 bits per heavy atom. The van der Waals surface area contributed by atoms with Crippen LogP contribution in [0.3, 0.4) is 0 Å². The van der Waals surface area contributed by atoms with Crippen molar-refractivity contribution in [1.82, 2.24) is 0 Å². The average molecular weight is 383 g/mol. The second-order valence-electron chi connectivity index (χ2n) is 5.19. The van der Waals surface area contributed by atoms with Crippen LogP contribution in [-0.2, 0) is 10.8 Å². The molecule has 0 saturated carbocycles. The highest BCUT2D eigenvalue weighted by Crippen LogP contribution is 2.26. The van der Waals surface area contributed by atoms with Gasteiger partial charge < -0.3 is 10.2 Å². The molecule has 0 spiro atoms. The quantitative estimate of drug-likeness (QED) is 0.755. The molecule has 0 aliphatic heterocycles. The minimum absolute atomic E-state index is 0.0723. The van der Waals surface area contributed by atoms with Gasteiger partial charge in [0.05, 0.1) is 33.6 Å². The van der Waals surface area contributed by atoms with Gasteiger partial charge in [-0.1, -0.05) is 64.0 Å². The zero-order valence-corrected chi connectivity index (χ0v) is 14.6. The normalized spacial score (nSPS) is 16.7. The van der Waals surface area contributed by atoms with E-state index in [1.165, 1.54) is 0 Å². The van der Waals surface area contributed by atoms with Gasteiger partial charge in [-0.3, -0.25) is 4.21 Å². The minimum atomic E-state index is -1.31. The Balaban J connectivity index is 2.00. The van der Waals surface area contributed by atoms with Crippen LogP contribution >= 0.6 is 15.9 Å². The first-order chi connectivity index (χ1) is 10.5. The third kappa shape index (κ3) is 4.49. The number of aliphatic hydroxyl groups is 2. The SMILES string of the molecule is Cc1ccc(S(=O)C[C@@H](O)[C@@H](Br)[C@@H](O)c2ccccc2)cc1. The summed E-state index contributed by atoms with van der Waals surface area (Å²) in [7, 11) is -1.31. The highest BCUT2D eigenvalue weighted by Gasteiger charge is 2.27. The molecule has 1 unspecified atom stereocenters. The summed E-state index contributed by atoms with van der Waals surface area (Å²) in [5, 5.41) is 20.5. The molecule has 2 N–H and O–H groups in total. The van der Waals surface area contributed by atoms with Crippen molar-refractivity contribution in [3.05, 3.63) is 65.7 Å². The molecule has 0 saturated heterocycles. The maximum atomic E-state index is 12.3. The number of hydrogen-bond donors (Lipinski definition) is 2. The van der Waals surface area contributed by atoms with Crippen molar-refractivity contribution in [2.24, 2.45) is 0 Å². The number of benzene rings is 2. The number of aliphatic hydroxyl groups excluding tert-OH is 2. The maximum Gasteiger partial charge on any atom is 0.0940 e. The summed E-state index contributed by atoms with van der Waals surface area (Å²) >= 11 is 3.32. The van der Waals surface area contributed by atoms with Crippen LogP contribution in [0, 0.1) is 6.92 Å². The average Bonchev–Trinajstić information content (AvgIpc) is 2.54. The summed E-state index contributed by atoms with van der Waals surface area (Å²) in [6.07, 6.45) is -1.77. The summed E-state index contributed by atoms with van der Waals surface area (Å²) < 4.78 is 12.3. The fourth-order valence-corrected chi connectivity index (χ4v) is 3.97. The van der Waals surface area contributed by atoms with Gasteiger partial charge >= 0.3 is 0 Å². The van der Waals surface area contributed by atoms with Crippen LogP contribution in [0.5, 0.6) is 0 Å². The van der Waals surface area contributed by atoms with E-state index in [9.17, 15) is 14.4 Å². The molecular weight excluding hydrogens is 364 g/mol. The Morgan fingerprint density at radius 2 is 1.64 bits per heavy atom. The molecule has 0 radical (unpaired) electrons. The summed E-state index contributed by atoms with van der Waals surface area (Å²) in [5.41, 5.74) is 1.81. The lowest BCUT2D eigenvalue weighted by molar-refractivity contribution is 0.104. The first-order valence-corrected chi connectivity index (χ1v) is 9.22. The number of rotatable bonds is 6. The third-order valence-corrected chi connectivity index (χ3v) is 5.97. The molecule has 0 amide bonds. The van der Waals surface area contributed by atoms with E-state index in [0.29, 0.717) is 10.5 Å². The Hall–Kier alpha value is -1.01. The molecule has 5 heteroatoms. The number of alkyl halides is 1. The number of halogens is 1. The smallest absolute Gasteiger partial charge is 0.0940 e. The van der Waals surface area contributed by atoms with Crippen molar-refractivity contribution in [3.63, 3.8) is 0 Å². The summed E-state index contributed by atoms with van der Waals surface area (Å²) in [5.74, 6) is 0.0723. The van der Waals surface area contributed by atoms with Crippen molar-refractivity contribution in [1.29, 1.82) is 0 Å². The third-order valence-electron chi connectivity index (χ3n) is 3.42. The first-order valence-electron chi connectivity index (χ1n) is 6.99. The van der Waals surface area contributed by atoms with Gasteiger partial charge in [0.15, 0.2) is 0 Å². The van der Waals surface area contributed by atoms with Crippen molar-refractivity contribution in [2.75, 3.05) is 5.75 Å².